The van der Waals surface area contributed by atoms with E-state index in [4.69, 9.17) is 14.2 Å². The first-order chi connectivity index (χ1) is 13.6. The van der Waals surface area contributed by atoms with Gasteiger partial charge in [-0.2, -0.15) is 0 Å². The van der Waals surface area contributed by atoms with Gasteiger partial charge in [0.1, 0.15) is 5.75 Å². The van der Waals surface area contributed by atoms with Gasteiger partial charge in [-0.25, -0.2) is 0 Å². The Morgan fingerprint density at radius 2 is 1.71 bits per heavy atom. The summed E-state index contributed by atoms with van der Waals surface area (Å²) in [5, 5.41) is 0. The number of carbonyl (C=O) groups is 1. The Morgan fingerprint density at radius 3 is 2.32 bits per heavy atom. The number of piperidine rings is 1. The van der Waals surface area contributed by atoms with Crippen LogP contribution in [0.2, 0.25) is 0 Å². The lowest BCUT2D eigenvalue weighted by Crippen LogP contribution is -2.41. The highest BCUT2D eigenvalue weighted by Crippen LogP contribution is 2.28. The standard InChI is InChI=1S/C22H28N2O4/c1-15-14-20(16(2)24(15)18-4-6-19(26-3)7-5-18)21(25)23-10-8-17(9-11-23)22-27-12-13-28-22/h4-7,14,17,22H,8-13H2,1-3H3. The molecule has 2 aromatic rings. The number of carbonyl (C=O) groups excluding carboxylic acids is 1. The van der Waals surface area contributed by atoms with Gasteiger partial charge in [0, 0.05) is 36.1 Å². The second kappa shape index (κ2) is 7.97. The Labute approximate surface area is 166 Å². The fourth-order valence-electron chi connectivity index (χ4n) is 4.30. The molecular weight excluding hydrogens is 356 g/mol. The maximum atomic E-state index is 13.2. The monoisotopic (exact) mass is 384 g/mol. The number of benzene rings is 1. The summed E-state index contributed by atoms with van der Waals surface area (Å²) in [5.74, 6) is 1.32. The van der Waals surface area contributed by atoms with Gasteiger partial charge in [-0.05, 0) is 57.0 Å². The maximum Gasteiger partial charge on any atom is 0.255 e. The van der Waals surface area contributed by atoms with E-state index >= 15 is 0 Å². The Morgan fingerprint density at radius 1 is 1.07 bits per heavy atom. The topological polar surface area (TPSA) is 52.9 Å². The Hall–Kier alpha value is -2.31. The van der Waals surface area contributed by atoms with E-state index < -0.39 is 0 Å². The molecule has 0 N–H and O–H groups in total. The highest BCUT2D eigenvalue weighted by molar-refractivity contribution is 5.96. The third-order valence-corrected chi connectivity index (χ3v) is 5.85. The number of rotatable bonds is 4. The lowest BCUT2D eigenvalue weighted by Gasteiger charge is -2.33. The first kappa shape index (κ1) is 19.0. The van der Waals surface area contributed by atoms with E-state index in [9.17, 15) is 4.79 Å². The van der Waals surface area contributed by atoms with Crippen molar-refractivity contribution in [2.75, 3.05) is 33.4 Å². The number of amides is 1. The summed E-state index contributed by atoms with van der Waals surface area (Å²) in [5.41, 5.74) is 3.83. The second-order valence-corrected chi connectivity index (χ2v) is 7.56. The van der Waals surface area contributed by atoms with Crippen LogP contribution in [0.4, 0.5) is 0 Å². The summed E-state index contributed by atoms with van der Waals surface area (Å²) in [6.07, 6.45) is 1.76. The molecule has 6 heteroatoms. The van der Waals surface area contributed by atoms with E-state index in [-0.39, 0.29) is 12.2 Å². The molecule has 0 aliphatic carbocycles. The highest BCUT2D eigenvalue weighted by Gasteiger charge is 2.32. The normalized spacial score (nSPS) is 18.6. The molecule has 4 rings (SSSR count). The van der Waals surface area contributed by atoms with Gasteiger partial charge in [-0.15, -0.1) is 0 Å². The largest absolute Gasteiger partial charge is 0.497 e. The van der Waals surface area contributed by atoms with Crippen LogP contribution < -0.4 is 4.74 Å². The number of ether oxygens (including phenoxy) is 3. The van der Waals surface area contributed by atoms with E-state index in [0.717, 1.165) is 54.3 Å². The average molecular weight is 384 g/mol. The van der Waals surface area contributed by atoms with Gasteiger partial charge in [-0.3, -0.25) is 4.79 Å². The summed E-state index contributed by atoms with van der Waals surface area (Å²) in [7, 11) is 1.66. The van der Waals surface area contributed by atoms with Crippen molar-refractivity contribution in [1.29, 1.82) is 0 Å². The predicted molar refractivity (Wildman–Crippen MR) is 106 cm³/mol. The van der Waals surface area contributed by atoms with Gasteiger partial charge in [0.15, 0.2) is 6.29 Å². The number of methoxy groups -OCH3 is 1. The van der Waals surface area contributed by atoms with Crippen LogP contribution in [0.5, 0.6) is 5.75 Å². The maximum absolute atomic E-state index is 13.2. The summed E-state index contributed by atoms with van der Waals surface area (Å²) >= 11 is 0. The van der Waals surface area contributed by atoms with Crippen LogP contribution in [0.3, 0.4) is 0 Å². The van der Waals surface area contributed by atoms with E-state index in [1.807, 2.05) is 49.1 Å². The number of nitrogens with zero attached hydrogens (tertiary/aromatic N) is 2. The molecule has 3 heterocycles. The summed E-state index contributed by atoms with van der Waals surface area (Å²) in [6, 6.07) is 9.90. The second-order valence-electron chi connectivity index (χ2n) is 7.56. The van der Waals surface area contributed by atoms with Crippen LogP contribution >= 0.6 is 0 Å². The molecule has 2 aliphatic rings. The SMILES string of the molecule is COc1ccc(-n2c(C)cc(C(=O)N3CCC(C4OCCO4)CC3)c2C)cc1. The molecule has 1 aromatic heterocycles. The zero-order chi connectivity index (χ0) is 19.7. The zero-order valence-electron chi connectivity index (χ0n) is 16.8. The van der Waals surface area contributed by atoms with Gasteiger partial charge in [0.05, 0.1) is 25.9 Å². The quantitative estimate of drug-likeness (QED) is 0.811. The minimum Gasteiger partial charge on any atom is -0.497 e. The Bertz CT molecular complexity index is 829. The molecule has 2 saturated heterocycles. The van der Waals surface area contributed by atoms with Crippen molar-refractivity contribution in [2.24, 2.45) is 5.92 Å². The third kappa shape index (κ3) is 3.54. The van der Waals surface area contributed by atoms with Crippen LogP contribution in [0.15, 0.2) is 30.3 Å². The van der Waals surface area contributed by atoms with E-state index in [2.05, 4.69) is 4.57 Å². The molecular formula is C22H28N2O4. The van der Waals surface area contributed by atoms with Crippen molar-refractivity contribution >= 4 is 5.91 Å². The third-order valence-electron chi connectivity index (χ3n) is 5.85. The first-order valence-electron chi connectivity index (χ1n) is 9.94. The molecule has 2 fully saturated rings. The smallest absolute Gasteiger partial charge is 0.255 e. The van der Waals surface area contributed by atoms with Crippen molar-refractivity contribution in [2.45, 2.75) is 33.0 Å². The van der Waals surface area contributed by atoms with Crippen molar-refractivity contribution < 1.29 is 19.0 Å². The van der Waals surface area contributed by atoms with Crippen molar-refractivity contribution in [3.63, 3.8) is 0 Å². The fourth-order valence-corrected chi connectivity index (χ4v) is 4.30. The molecule has 2 aliphatic heterocycles. The predicted octanol–water partition coefficient (Wildman–Crippen LogP) is 3.33. The van der Waals surface area contributed by atoms with E-state index in [0.29, 0.717) is 19.1 Å². The van der Waals surface area contributed by atoms with Crippen molar-refractivity contribution in [3.8, 4) is 11.4 Å². The molecule has 0 saturated carbocycles. The molecule has 0 radical (unpaired) electrons. The molecule has 0 bridgehead atoms. The zero-order valence-corrected chi connectivity index (χ0v) is 16.8. The molecule has 1 aromatic carbocycles. The molecule has 0 unspecified atom stereocenters. The number of hydrogen-bond acceptors (Lipinski definition) is 4. The van der Waals surface area contributed by atoms with E-state index in [1.165, 1.54) is 0 Å². The highest BCUT2D eigenvalue weighted by atomic mass is 16.7. The number of aryl methyl sites for hydroxylation is 1. The fraction of sp³-hybridized carbons (Fsp3) is 0.500. The van der Waals surface area contributed by atoms with Crippen LogP contribution in [-0.4, -0.2) is 55.1 Å². The molecule has 1 amide bonds. The number of hydrogen-bond donors (Lipinski definition) is 0. The molecule has 0 spiro atoms. The number of likely N-dealkylation sites (tertiary alicyclic amines) is 1. The minimum absolute atomic E-state index is 0.0858. The Kier molecular flexibility index (Phi) is 5.42. The number of aromatic nitrogens is 1. The molecule has 0 atom stereocenters. The van der Waals surface area contributed by atoms with Crippen LogP contribution in [0.1, 0.15) is 34.6 Å². The average Bonchev–Trinajstić information content (AvgIpc) is 3.36. The lowest BCUT2D eigenvalue weighted by molar-refractivity contribution is -0.0956. The van der Waals surface area contributed by atoms with E-state index in [1.54, 1.807) is 7.11 Å². The van der Waals surface area contributed by atoms with Gasteiger partial charge in [0.2, 0.25) is 0 Å². The first-order valence-corrected chi connectivity index (χ1v) is 9.94. The lowest BCUT2D eigenvalue weighted by atomic mass is 9.95. The van der Waals surface area contributed by atoms with Gasteiger partial charge < -0.3 is 23.7 Å². The van der Waals surface area contributed by atoms with Crippen molar-refractivity contribution in [3.05, 3.63) is 47.3 Å². The molecule has 150 valence electrons. The molecule has 6 nitrogen and oxygen atoms in total. The minimum atomic E-state index is -0.0858. The Balaban J connectivity index is 1.49. The molecule has 28 heavy (non-hydrogen) atoms. The van der Waals surface area contributed by atoms with Gasteiger partial charge >= 0.3 is 0 Å². The van der Waals surface area contributed by atoms with Gasteiger partial charge in [0.25, 0.3) is 5.91 Å². The van der Waals surface area contributed by atoms with Gasteiger partial charge in [-0.1, -0.05) is 0 Å². The van der Waals surface area contributed by atoms with Crippen LogP contribution in [0, 0.1) is 19.8 Å². The van der Waals surface area contributed by atoms with Crippen LogP contribution in [0.25, 0.3) is 5.69 Å². The summed E-state index contributed by atoms with van der Waals surface area (Å²) in [6.45, 7) is 6.91. The summed E-state index contributed by atoms with van der Waals surface area (Å²) in [4.78, 5) is 15.1. The summed E-state index contributed by atoms with van der Waals surface area (Å²) < 4.78 is 18.6. The van der Waals surface area contributed by atoms with Crippen LogP contribution in [-0.2, 0) is 9.47 Å². The van der Waals surface area contributed by atoms with Crippen molar-refractivity contribution in [1.82, 2.24) is 9.47 Å².